The van der Waals surface area contributed by atoms with Gasteiger partial charge in [-0.25, -0.2) is 0 Å². The van der Waals surface area contributed by atoms with Crippen molar-refractivity contribution in [1.82, 2.24) is 24.6 Å². The van der Waals surface area contributed by atoms with Crippen molar-refractivity contribution in [3.05, 3.63) is 51.7 Å². The van der Waals surface area contributed by atoms with Crippen molar-refractivity contribution in [2.24, 2.45) is 11.8 Å². The van der Waals surface area contributed by atoms with Crippen LogP contribution in [0.1, 0.15) is 68.6 Å². The molecule has 0 unspecified atom stereocenters. The maximum Gasteiger partial charge on any atom is 0.250 e. The van der Waals surface area contributed by atoms with E-state index in [1.165, 1.54) is 29.9 Å². The van der Waals surface area contributed by atoms with Crippen LogP contribution >= 0.6 is 0 Å². The van der Waals surface area contributed by atoms with Crippen molar-refractivity contribution in [2.45, 2.75) is 71.1 Å². The van der Waals surface area contributed by atoms with E-state index >= 15 is 0 Å². The molecule has 5 rings (SSSR count). The number of aryl methyl sites for hydroxylation is 1. The number of likely N-dealkylation sites (tertiary alicyclic amines) is 1. The zero-order valence-corrected chi connectivity index (χ0v) is 18.4. The lowest BCUT2D eigenvalue weighted by atomic mass is 9.76. The van der Waals surface area contributed by atoms with Crippen LogP contribution in [0.25, 0.3) is 0 Å². The van der Waals surface area contributed by atoms with Gasteiger partial charge < -0.3 is 9.88 Å². The van der Waals surface area contributed by atoms with Crippen LogP contribution in [0.3, 0.4) is 0 Å². The fraction of sp³-hybridized carbons (Fsp3) is 0.667. The molecule has 0 amide bonds. The van der Waals surface area contributed by atoms with Gasteiger partial charge >= 0.3 is 0 Å². The number of piperidine rings is 1. The number of hydrogen-bond donors (Lipinski definition) is 1. The topological polar surface area (TPSA) is 55.1 Å². The maximum atomic E-state index is 12.8. The lowest BCUT2D eigenvalue weighted by molar-refractivity contribution is 0.0789. The van der Waals surface area contributed by atoms with Gasteiger partial charge in [-0.15, -0.1) is 0 Å². The molecule has 2 aromatic rings. The molecule has 1 saturated heterocycles. The van der Waals surface area contributed by atoms with Crippen LogP contribution < -0.4 is 10.9 Å². The van der Waals surface area contributed by atoms with Gasteiger partial charge in [-0.2, -0.15) is 5.10 Å². The summed E-state index contributed by atoms with van der Waals surface area (Å²) in [6, 6.07) is 8.51. The first kappa shape index (κ1) is 20.0. The van der Waals surface area contributed by atoms with Gasteiger partial charge in [0, 0.05) is 56.4 Å². The minimum Gasteiger partial charge on any atom is -0.311 e. The van der Waals surface area contributed by atoms with Crippen LogP contribution in [-0.4, -0.2) is 38.9 Å². The second kappa shape index (κ2) is 8.31. The number of pyridine rings is 1. The highest BCUT2D eigenvalue weighted by molar-refractivity contribution is 5.20. The van der Waals surface area contributed by atoms with Crippen LogP contribution in [0.15, 0.2) is 29.1 Å². The summed E-state index contributed by atoms with van der Waals surface area (Å²) >= 11 is 0. The Labute approximate surface area is 179 Å². The molecule has 1 N–H and O–H groups in total. The molecule has 0 spiro atoms. The number of fused-ring (bicyclic) bond motifs is 5. The largest absolute Gasteiger partial charge is 0.311 e. The predicted molar refractivity (Wildman–Crippen MR) is 118 cm³/mol. The second-order valence-corrected chi connectivity index (χ2v) is 9.96. The average molecular weight is 410 g/mol. The van der Waals surface area contributed by atoms with E-state index in [-0.39, 0.29) is 5.56 Å². The predicted octanol–water partition coefficient (Wildman–Crippen LogP) is 3.13. The highest BCUT2D eigenvalue weighted by atomic mass is 16.1. The molecule has 30 heavy (non-hydrogen) atoms. The van der Waals surface area contributed by atoms with Gasteiger partial charge in [-0.05, 0) is 56.2 Å². The normalized spacial score (nSPS) is 26.3. The van der Waals surface area contributed by atoms with E-state index in [4.69, 9.17) is 5.10 Å². The van der Waals surface area contributed by atoms with E-state index in [2.05, 4.69) is 45.4 Å². The smallest absolute Gasteiger partial charge is 0.250 e. The van der Waals surface area contributed by atoms with Crippen LogP contribution in [0, 0.1) is 11.8 Å². The molecule has 162 valence electrons. The molecule has 0 saturated carbocycles. The third-order valence-corrected chi connectivity index (χ3v) is 7.24. The molecule has 2 aromatic heterocycles. The summed E-state index contributed by atoms with van der Waals surface area (Å²) in [6.07, 6.45) is 4.63. The van der Waals surface area contributed by atoms with Gasteiger partial charge in [0.05, 0.1) is 11.4 Å². The quantitative estimate of drug-likeness (QED) is 0.824. The molecule has 0 radical (unpaired) electrons. The number of hydrogen-bond acceptors (Lipinski definition) is 4. The van der Waals surface area contributed by atoms with Crippen molar-refractivity contribution in [1.29, 1.82) is 0 Å². The first-order chi connectivity index (χ1) is 14.6. The van der Waals surface area contributed by atoms with E-state index in [0.29, 0.717) is 23.8 Å². The number of nitrogens with one attached hydrogen (secondary N) is 1. The van der Waals surface area contributed by atoms with Crippen molar-refractivity contribution in [3.8, 4) is 0 Å². The Bertz CT molecular complexity index is 922. The first-order valence-corrected chi connectivity index (χ1v) is 11.8. The molecule has 5 heterocycles. The standard InChI is InChI=1S/C24H35N5O/c1-17(2)7-8-23-19-11-18(22-5-3-6-24(30)29(22)23)14-27(15-19)16-20-12-21-13-25-9-4-10-28(21)26-20/h3,5-6,12,17-19,23,25H,4,7-11,13-16H2,1-2H3/t18-,19+,23+/m1/s1. The van der Waals surface area contributed by atoms with Gasteiger partial charge in [-0.3, -0.25) is 14.4 Å². The van der Waals surface area contributed by atoms with E-state index in [1.54, 1.807) is 6.07 Å². The Balaban J connectivity index is 1.38. The maximum absolute atomic E-state index is 12.8. The van der Waals surface area contributed by atoms with Crippen LogP contribution in [0.2, 0.25) is 0 Å². The van der Waals surface area contributed by atoms with Crippen LogP contribution in [-0.2, 0) is 19.6 Å². The van der Waals surface area contributed by atoms with Crippen molar-refractivity contribution >= 4 is 0 Å². The molecule has 3 aliphatic rings. The minimum atomic E-state index is 0.190. The van der Waals surface area contributed by atoms with Gasteiger partial charge in [0.25, 0.3) is 5.56 Å². The molecule has 0 aromatic carbocycles. The monoisotopic (exact) mass is 409 g/mol. The number of rotatable bonds is 5. The van der Waals surface area contributed by atoms with Gasteiger partial charge in [0.1, 0.15) is 0 Å². The average Bonchev–Trinajstić information content (AvgIpc) is 2.96. The summed E-state index contributed by atoms with van der Waals surface area (Å²) in [6.45, 7) is 10.6. The van der Waals surface area contributed by atoms with Crippen molar-refractivity contribution in [2.75, 3.05) is 19.6 Å². The van der Waals surface area contributed by atoms with Crippen LogP contribution in [0.5, 0.6) is 0 Å². The minimum absolute atomic E-state index is 0.190. The fourth-order valence-electron chi connectivity index (χ4n) is 5.87. The summed E-state index contributed by atoms with van der Waals surface area (Å²) in [4.78, 5) is 15.4. The highest BCUT2D eigenvalue weighted by Crippen LogP contribution is 2.43. The van der Waals surface area contributed by atoms with Crippen LogP contribution in [0.4, 0.5) is 0 Å². The highest BCUT2D eigenvalue weighted by Gasteiger charge is 2.40. The molecule has 6 nitrogen and oxygen atoms in total. The molecular weight excluding hydrogens is 374 g/mol. The third kappa shape index (κ3) is 3.87. The molecule has 0 aliphatic carbocycles. The molecule has 2 bridgehead atoms. The van der Waals surface area contributed by atoms with Gasteiger partial charge in [0.15, 0.2) is 0 Å². The second-order valence-electron chi connectivity index (χ2n) is 9.96. The van der Waals surface area contributed by atoms with E-state index < -0.39 is 0 Å². The molecular formula is C24H35N5O. The van der Waals surface area contributed by atoms with E-state index in [0.717, 1.165) is 52.1 Å². The summed E-state index contributed by atoms with van der Waals surface area (Å²) in [5, 5.41) is 8.41. The summed E-state index contributed by atoms with van der Waals surface area (Å²) in [7, 11) is 0. The molecule has 6 heteroatoms. The van der Waals surface area contributed by atoms with E-state index in [9.17, 15) is 4.79 Å². The van der Waals surface area contributed by atoms with Crippen molar-refractivity contribution in [3.63, 3.8) is 0 Å². The molecule has 3 atom stereocenters. The lowest BCUT2D eigenvalue weighted by Crippen LogP contribution is -2.49. The Morgan fingerprint density at radius 3 is 3.03 bits per heavy atom. The van der Waals surface area contributed by atoms with E-state index in [1.807, 2.05) is 6.07 Å². The zero-order chi connectivity index (χ0) is 20.7. The van der Waals surface area contributed by atoms with Crippen molar-refractivity contribution < 1.29 is 0 Å². The summed E-state index contributed by atoms with van der Waals surface area (Å²) in [5.74, 6) is 1.67. The Morgan fingerprint density at radius 2 is 2.17 bits per heavy atom. The number of nitrogens with zero attached hydrogens (tertiary/aromatic N) is 4. The molecule has 1 fully saturated rings. The first-order valence-electron chi connectivity index (χ1n) is 11.8. The van der Waals surface area contributed by atoms with Gasteiger partial charge in [0.2, 0.25) is 0 Å². The Kier molecular flexibility index (Phi) is 5.54. The summed E-state index contributed by atoms with van der Waals surface area (Å²) in [5.41, 5.74) is 3.95. The third-order valence-electron chi connectivity index (χ3n) is 7.24. The lowest BCUT2D eigenvalue weighted by Gasteiger charge is -2.47. The number of aromatic nitrogens is 3. The fourth-order valence-corrected chi connectivity index (χ4v) is 5.87. The molecule has 3 aliphatic heterocycles. The van der Waals surface area contributed by atoms with Gasteiger partial charge in [-0.1, -0.05) is 19.9 Å². The zero-order valence-electron chi connectivity index (χ0n) is 18.4. The SMILES string of the molecule is CC(C)CC[C@H]1[C@H]2C[C@H](CN(Cc3cc4n(n3)CCCNC4)C2)c2cccc(=O)n21. The summed E-state index contributed by atoms with van der Waals surface area (Å²) < 4.78 is 4.35. The Hall–Kier alpha value is -1.92. The Morgan fingerprint density at radius 1 is 1.27 bits per heavy atom.